The molecule has 2 aromatic rings. The maximum atomic E-state index is 11.6. The van der Waals surface area contributed by atoms with Crippen LogP contribution < -0.4 is 10.6 Å². The molecule has 8 nitrogen and oxygen atoms in total. The molecule has 9 heteroatoms. The van der Waals surface area contributed by atoms with Crippen LogP contribution in [0.5, 0.6) is 0 Å². The van der Waals surface area contributed by atoms with Crippen molar-refractivity contribution in [2.75, 3.05) is 23.9 Å². The molecule has 0 fully saturated rings. The standard InChI is InChI=1S/C13H17N5O3S/c1-10-15-12(16-13(19)14-8-9-22(2,20)21)17-18(10)11-6-4-3-5-7-11/h3-7H,8-9H2,1-2H3,(H2,14,16,17,19). The van der Waals surface area contributed by atoms with Crippen LogP contribution in [0.15, 0.2) is 30.3 Å². The minimum absolute atomic E-state index is 0.0308. The third kappa shape index (κ3) is 4.55. The van der Waals surface area contributed by atoms with Crippen LogP contribution in [0.3, 0.4) is 0 Å². The van der Waals surface area contributed by atoms with Crippen LogP contribution in [-0.2, 0) is 9.84 Å². The zero-order valence-corrected chi connectivity index (χ0v) is 13.1. The minimum Gasteiger partial charge on any atom is -0.337 e. The van der Waals surface area contributed by atoms with E-state index in [2.05, 4.69) is 20.7 Å². The number of benzene rings is 1. The molecule has 0 aliphatic heterocycles. The lowest BCUT2D eigenvalue weighted by atomic mass is 10.3. The van der Waals surface area contributed by atoms with Crippen molar-refractivity contribution in [3.8, 4) is 5.69 Å². The van der Waals surface area contributed by atoms with Crippen molar-refractivity contribution in [1.82, 2.24) is 20.1 Å². The highest BCUT2D eigenvalue weighted by molar-refractivity contribution is 7.90. The first-order valence-corrected chi connectivity index (χ1v) is 8.63. The summed E-state index contributed by atoms with van der Waals surface area (Å²) in [5.74, 6) is 0.654. The fourth-order valence-corrected chi connectivity index (χ4v) is 2.23. The van der Waals surface area contributed by atoms with Gasteiger partial charge in [0.15, 0.2) is 0 Å². The molecule has 22 heavy (non-hydrogen) atoms. The van der Waals surface area contributed by atoms with Crippen molar-refractivity contribution in [3.05, 3.63) is 36.2 Å². The SMILES string of the molecule is Cc1nc(NC(=O)NCCS(C)(=O)=O)nn1-c1ccccc1. The summed E-state index contributed by atoms with van der Waals surface area (Å²) in [4.78, 5) is 15.8. The van der Waals surface area contributed by atoms with Crippen LogP contribution in [0.2, 0.25) is 0 Å². The maximum Gasteiger partial charge on any atom is 0.321 e. The van der Waals surface area contributed by atoms with Gasteiger partial charge in [-0.2, -0.15) is 4.98 Å². The molecule has 1 aromatic heterocycles. The van der Waals surface area contributed by atoms with E-state index in [-0.39, 0.29) is 18.2 Å². The topological polar surface area (TPSA) is 106 Å². The lowest BCUT2D eigenvalue weighted by molar-refractivity contribution is 0.252. The molecule has 118 valence electrons. The number of sulfone groups is 1. The Labute approximate surface area is 128 Å². The number of amides is 2. The van der Waals surface area contributed by atoms with Gasteiger partial charge in [0.25, 0.3) is 5.95 Å². The normalized spacial score (nSPS) is 11.2. The summed E-state index contributed by atoms with van der Waals surface area (Å²) in [6.07, 6.45) is 1.11. The third-order valence-corrected chi connectivity index (χ3v) is 3.70. The lowest BCUT2D eigenvalue weighted by Gasteiger charge is -2.04. The van der Waals surface area contributed by atoms with Gasteiger partial charge in [-0.15, -0.1) is 5.10 Å². The zero-order chi connectivity index (χ0) is 16.2. The zero-order valence-electron chi connectivity index (χ0n) is 12.3. The molecule has 0 aliphatic rings. The van der Waals surface area contributed by atoms with E-state index >= 15 is 0 Å². The molecule has 0 radical (unpaired) electrons. The average molecular weight is 323 g/mol. The van der Waals surface area contributed by atoms with Gasteiger partial charge in [0.2, 0.25) is 0 Å². The van der Waals surface area contributed by atoms with E-state index in [1.807, 2.05) is 30.3 Å². The molecule has 2 amide bonds. The second-order valence-corrected chi connectivity index (χ2v) is 7.00. The predicted octanol–water partition coefficient (Wildman–Crippen LogP) is 0.742. The van der Waals surface area contributed by atoms with Gasteiger partial charge in [-0.25, -0.2) is 17.9 Å². The molecule has 0 atom stereocenters. The summed E-state index contributed by atoms with van der Waals surface area (Å²) in [7, 11) is -3.11. The Bertz CT molecular complexity index is 755. The molecule has 2 rings (SSSR count). The van der Waals surface area contributed by atoms with Gasteiger partial charge in [0, 0.05) is 12.8 Å². The minimum atomic E-state index is -3.11. The van der Waals surface area contributed by atoms with Gasteiger partial charge in [-0.05, 0) is 19.1 Å². The molecule has 0 saturated heterocycles. The van der Waals surface area contributed by atoms with Crippen LogP contribution in [0.1, 0.15) is 5.82 Å². The van der Waals surface area contributed by atoms with Crippen molar-refractivity contribution in [3.63, 3.8) is 0 Å². The molecule has 2 N–H and O–H groups in total. The van der Waals surface area contributed by atoms with E-state index in [4.69, 9.17) is 0 Å². The first-order valence-electron chi connectivity index (χ1n) is 6.57. The number of nitrogens with zero attached hydrogens (tertiary/aromatic N) is 3. The second-order valence-electron chi connectivity index (χ2n) is 4.74. The number of aryl methyl sites for hydroxylation is 1. The van der Waals surface area contributed by atoms with E-state index in [0.717, 1.165) is 11.9 Å². The van der Waals surface area contributed by atoms with E-state index in [1.165, 1.54) is 0 Å². The molecular formula is C13H17N5O3S. The molecule has 1 aromatic carbocycles. The molecule has 1 heterocycles. The number of carbonyl (C=O) groups is 1. The van der Waals surface area contributed by atoms with Crippen LogP contribution >= 0.6 is 0 Å². The number of urea groups is 1. The van der Waals surface area contributed by atoms with Gasteiger partial charge in [-0.1, -0.05) is 18.2 Å². The first-order chi connectivity index (χ1) is 10.3. The van der Waals surface area contributed by atoms with Gasteiger partial charge < -0.3 is 5.32 Å². The Kier molecular flexibility index (Phi) is 4.76. The fourth-order valence-electron chi connectivity index (χ4n) is 1.75. The van der Waals surface area contributed by atoms with Crippen LogP contribution in [-0.4, -0.2) is 47.8 Å². The summed E-state index contributed by atoms with van der Waals surface area (Å²) in [5, 5.41) is 9.10. The largest absolute Gasteiger partial charge is 0.337 e. The highest BCUT2D eigenvalue weighted by Crippen LogP contribution is 2.10. The van der Waals surface area contributed by atoms with Gasteiger partial charge in [0.1, 0.15) is 15.7 Å². The highest BCUT2D eigenvalue weighted by Gasteiger charge is 2.11. The molecule has 0 aliphatic carbocycles. The molecule has 0 saturated carbocycles. The van der Waals surface area contributed by atoms with Gasteiger partial charge in [-0.3, -0.25) is 5.32 Å². The number of anilines is 1. The van der Waals surface area contributed by atoms with E-state index in [1.54, 1.807) is 11.6 Å². The number of hydrogen-bond acceptors (Lipinski definition) is 5. The summed E-state index contributed by atoms with van der Waals surface area (Å²) in [5.41, 5.74) is 0.832. The predicted molar refractivity (Wildman–Crippen MR) is 82.8 cm³/mol. The molecule has 0 spiro atoms. The Hall–Kier alpha value is -2.42. The van der Waals surface area contributed by atoms with Crippen molar-refractivity contribution < 1.29 is 13.2 Å². The van der Waals surface area contributed by atoms with Crippen molar-refractivity contribution in [1.29, 1.82) is 0 Å². The summed E-state index contributed by atoms with van der Waals surface area (Å²) >= 11 is 0. The van der Waals surface area contributed by atoms with Crippen LogP contribution in [0.25, 0.3) is 5.69 Å². The van der Waals surface area contributed by atoms with Crippen molar-refractivity contribution in [2.45, 2.75) is 6.92 Å². The quantitative estimate of drug-likeness (QED) is 0.844. The van der Waals surface area contributed by atoms with Crippen LogP contribution in [0.4, 0.5) is 10.7 Å². The molecule has 0 bridgehead atoms. The number of para-hydroxylation sites is 1. The van der Waals surface area contributed by atoms with E-state index in [9.17, 15) is 13.2 Å². The maximum absolute atomic E-state index is 11.6. The monoisotopic (exact) mass is 323 g/mol. The Morgan fingerprint density at radius 2 is 1.95 bits per heavy atom. The van der Waals surface area contributed by atoms with Crippen LogP contribution in [0, 0.1) is 6.92 Å². The fraction of sp³-hybridized carbons (Fsp3) is 0.308. The molecule has 0 unspecified atom stereocenters. The third-order valence-electron chi connectivity index (χ3n) is 2.75. The summed E-state index contributed by atoms with van der Waals surface area (Å²) in [6, 6.07) is 8.84. The number of aromatic nitrogens is 3. The lowest BCUT2D eigenvalue weighted by Crippen LogP contribution is -2.33. The average Bonchev–Trinajstić information content (AvgIpc) is 2.79. The molecular weight excluding hydrogens is 306 g/mol. The number of carbonyl (C=O) groups excluding carboxylic acids is 1. The number of hydrogen-bond donors (Lipinski definition) is 2. The summed E-state index contributed by atoms with van der Waals surface area (Å²) < 4.78 is 23.6. The summed E-state index contributed by atoms with van der Waals surface area (Å²) in [6.45, 7) is 1.80. The van der Waals surface area contributed by atoms with E-state index in [0.29, 0.717) is 5.82 Å². The Morgan fingerprint density at radius 1 is 1.27 bits per heavy atom. The Morgan fingerprint density at radius 3 is 2.59 bits per heavy atom. The number of nitrogens with one attached hydrogen (secondary N) is 2. The Balaban J connectivity index is 1.98. The van der Waals surface area contributed by atoms with E-state index < -0.39 is 15.9 Å². The van der Waals surface area contributed by atoms with Crippen molar-refractivity contribution in [2.24, 2.45) is 0 Å². The second kappa shape index (κ2) is 6.56. The van der Waals surface area contributed by atoms with Crippen molar-refractivity contribution >= 4 is 21.8 Å². The number of rotatable bonds is 5. The first kappa shape index (κ1) is 16.0. The van der Waals surface area contributed by atoms with Gasteiger partial charge in [0.05, 0.1) is 11.4 Å². The smallest absolute Gasteiger partial charge is 0.321 e. The van der Waals surface area contributed by atoms with Gasteiger partial charge >= 0.3 is 6.03 Å². The highest BCUT2D eigenvalue weighted by atomic mass is 32.2.